The van der Waals surface area contributed by atoms with Crippen LogP contribution in [0.25, 0.3) is 0 Å². The van der Waals surface area contributed by atoms with Gasteiger partial charge in [0.25, 0.3) is 0 Å². The second kappa shape index (κ2) is 9.31. The van der Waals surface area contributed by atoms with Crippen LogP contribution in [0, 0.1) is 0 Å². The minimum absolute atomic E-state index is 0.794. The van der Waals surface area contributed by atoms with Crippen molar-refractivity contribution in [3.05, 3.63) is 5.82 Å². The van der Waals surface area contributed by atoms with Gasteiger partial charge in [0.15, 0.2) is 0 Å². The van der Waals surface area contributed by atoms with Crippen LogP contribution in [0.1, 0.15) is 70.5 Å². The lowest BCUT2D eigenvalue weighted by Crippen LogP contribution is -1.90. The number of rotatable bonds is 10. The third-order valence-corrected chi connectivity index (χ3v) is 2.86. The van der Waals surface area contributed by atoms with Crippen molar-refractivity contribution >= 4 is 0 Å². The molecule has 4 heteroatoms. The summed E-state index contributed by atoms with van der Waals surface area (Å²) in [6, 6.07) is 0. The topological polar surface area (TPSA) is 52.8 Å². The molecule has 0 aromatic carbocycles. The molecule has 4 nitrogen and oxygen atoms in total. The van der Waals surface area contributed by atoms with E-state index in [-0.39, 0.29) is 0 Å². The average Bonchev–Trinajstić information content (AvgIpc) is 2.80. The fourth-order valence-corrected chi connectivity index (χ4v) is 1.86. The first kappa shape index (κ1) is 13.1. The van der Waals surface area contributed by atoms with Gasteiger partial charge in [-0.2, -0.15) is 5.21 Å². The van der Waals surface area contributed by atoms with Crippen LogP contribution in [0.5, 0.6) is 0 Å². The first-order chi connectivity index (χ1) is 7.93. The van der Waals surface area contributed by atoms with Crippen molar-refractivity contribution in [3.63, 3.8) is 0 Å². The lowest BCUT2D eigenvalue weighted by atomic mass is 10.1. The zero-order valence-electron chi connectivity index (χ0n) is 10.4. The summed E-state index contributed by atoms with van der Waals surface area (Å²) in [5.74, 6) is 0.794. The van der Waals surface area contributed by atoms with Crippen molar-refractivity contribution in [3.8, 4) is 0 Å². The van der Waals surface area contributed by atoms with Crippen molar-refractivity contribution in [2.75, 3.05) is 0 Å². The third kappa shape index (κ3) is 6.53. The van der Waals surface area contributed by atoms with Gasteiger partial charge in [0.1, 0.15) is 0 Å². The highest BCUT2D eigenvalue weighted by Gasteiger charge is 1.93. The first-order valence-corrected chi connectivity index (χ1v) is 6.61. The van der Waals surface area contributed by atoms with Crippen molar-refractivity contribution in [2.24, 2.45) is 0 Å². The molecule has 0 aliphatic carbocycles. The van der Waals surface area contributed by atoms with E-state index in [4.69, 9.17) is 0 Å². The Morgan fingerprint density at radius 3 is 2.06 bits per heavy atom. The molecule has 16 heavy (non-hydrogen) atoms. The van der Waals surface area contributed by atoms with E-state index in [0.717, 1.165) is 12.2 Å². The molecule has 0 fully saturated rings. The number of hydrogen-bond donors (Lipinski definition) is 0. The minimum Gasteiger partial charge on any atom is -0.335 e. The lowest BCUT2D eigenvalue weighted by Gasteiger charge is -2.02. The molecule has 0 amide bonds. The molecular weight excluding hydrogens is 200 g/mol. The van der Waals surface area contributed by atoms with Gasteiger partial charge >= 0.3 is 0 Å². The van der Waals surface area contributed by atoms with Gasteiger partial charge in [-0.1, -0.05) is 58.3 Å². The molecule has 0 aliphatic rings. The molecule has 1 aromatic heterocycles. The fraction of sp³-hybridized carbons (Fsp3) is 0.917. The average molecular weight is 223 g/mol. The molecule has 0 unspecified atom stereocenters. The van der Waals surface area contributed by atoms with Crippen LogP contribution in [-0.4, -0.2) is 15.5 Å². The summed E-state index contributed by atoms with van der Waals surface area (Å²) in [4.78, 5) is 0. The smallest absolute Gasteiger partial charge is 0.00987 e. The van der Waals surface area contributed by atoms with Crippen LogP contribution < -0.4 is 5.10 Å². The van der Waals surface area contributed by atoms with Gasteiger partial charge in [-0.3, -0.25) is 10.3 Å². The number of unbranched alkanes of at least 4 members (excludes halogenated alkanes) is 8. The van der Waals surface area contributed by atoms with Crippen LogP contribution in [0.3, 0.4) is 0 Å². The molecule has 0 radical (unpaired) electrons. The van der Waals surface area contributed by atoms with Crippen LogP contribution in [0.15, 0.2) is 0 Å². The van der Waals surface area contributed by atoms with Crippen LogP contribution in [0.4, 0.5) is 0 Å². The first-order valence-electron chi connectivity index (χ1n) is 6.61. The van der Waals surface area contributed by atoms with Crippen molar-refractivity contribution in [2.45, 2.75) is 71.1 Å². The van der Waals surface area contributed by atoms with E-state index in [0.29, 0.717) is 0 Å². The predicted molar refractivity (Wildman–Crippen MR) is 64.1 cm³/mol. The van der Waals surface area contributed by atoms with Crippen LogP contribution in [0.2, 0.25) is 0 Å². The van der Waals surface area contributed by atoms with Gasteiger partial charge in [-0.15, -0.1) is 0 Å². The number of aryl methyl sites for hydroxylation is 1. The van der Waals surface area contributed by atoms with Crippen molar-refractivity contribution < 1.29 is 0 Å². The number of nitrogens with zero attached hydrogens (tertiary/aromatic N) is 4. The zero-order valence-corrected chi connectivity index (χ0v) is 10.4. The molecule has 1 heterocycles. The molecule has 1 aromatic rings. The Bertz CT molecular complexity index is 233. The molecule has 0 aliphatic heterocycles. The zero-order chi connectivity index (χ0) is 11.5. The normalized spacial score (nSPS) is 10.8. The van der Waals surface area contributed by atoms with Gasteiger partial charge in [0.05, 0.1) is 0 Å². The van der Waals surface area contributed by atoms with E-state index in [9.17, 15) is 0 Å². The Morgan fingerprint density at radius 2 is 1.50 bits per heavy atom. The van der Waals surface area contributed by atoms with E-state index in [1.54, 1.807) is 0 Å². The number of aromatic nitrogens is 4. The Hall–Kier alpha value is -0.930. The van der Waals surface area contributed by atoms with Gasteiger partial charge in [-0.05, 0) is 12.8 Å². The fourth-order valence-electron chi connectivity index (χ4n) is 1.86. The summed E-state index contributed by atoms with van der Waals surface area (Å²) < 4.78 is 0. The SMILES string of the molecule is CCCCCCCCCCCc1nnn[n-]1. The van der Waals surface area contributed by atoms with E-state index in [1.165, 1.54) is 57.8 Å². The summed E-state index contributed by atoms with van der Waals surface area (Å²) in [5, 5.41) is 14.6. The molecule has 0 spiro atoms. The molecular formula is C12H23N4-. The Balaban J connectivity index is 1.78. The van der Waals surface area contributed by atoms with E-state index in [2.05, 4.69) is 27.5 Å². The summed E-state index contributed by atoms with van der Waals surface area (Å²) in [6.45, 7) is 2.26. The Kier molecular flexibility index (Phi) is 7.64. The third-order valence-electron chi connectivity index (χ3n) is 2.86. The van der Waals surface area contributed by atoms with Gasteiger partial charge in [-0.25, -0.2) is 0 Å². The van der Waals surface area contributed by atoms with Gasteiger partial charge in [0, 0.05) is 5.82 Å². The highest BCUT2D eigenvalue weighted by atomic mass is 15.5. The lowest BCUT2D eigenvalue weighted by molar-refractivity contribution is 0.562. The van der Waals surface area contributed by atoms with Crippen molar-refractivity contribution in [1.82, 2.24) is 20.6 Å². The molecule has 0 bridgehead atoms. The Morgan fingerprint density at radius 1 is 0.875 bits per heavy atom. The van der Waals surface area contributed by atoms with Crippen LogP contribution in [-0.2, 0) is 6.42 Å². The number of hydrogen-bond acceptors (Lipinski definition) is 3. The van der Waals surface area contributed by atoms with Crippen LogP contribution >= 0.6 is 0 Å². The maximum atomic E-state index is 3.81. The molecule has 1 rings (SSSR count). The highest BCUT2D eigenvalue weighted by Crippen LogP contribution is 2.10. The monoisotopic (exact) mass is 223 g/mol. The molecule has 0 saturated heterocycles. The predicted octanol–water partition coefficient (Wildman–Crippen LogP) is 2.90. The maximum Gasteiger partial charge on any atom is 0.00987 e. The van der Waals surface area contributed by atoms with E-state index < -0.39 is 0 Å². The number of tetrazole rings is 1. The van der Waals surface area contributed by atoms with E-state index in [1.807, 2.05) is 0 Å². The largest absolute Gasteiger partial charge is 0.335 e. The van der Waals surface area contributed by atoms with E-state index >= 15 is 0 Å². The molecule has 0 N–H and O–H groups in total. The summed E-state index contributed by atoms with van der Waals surface area (Å²) in [7, 11) is 0. The molecule has 92 valence electrons. The summed E-state index contributed by atoms with van der Waals surface area (Å²) in [5.41, 5.74) is 0. The standard InChI is InChI=1S/C12H23N4/c1-2-3-4-5-6-7-8-9-10-11-12-13-15-16-14-12/h2-11H2,1H3/q-1. The minimum atomic E-state index is 0.794. The van der Waals surface area contributed by atoms with Gasteiger partial charge < -0.3 is 5.10 Å². The second-order valence-corrected chi connectivity index (χ2v) is 4.37. The van der Waals surface area contributed by atoms with Crippen molar-refractivity contribution in [1.29, 1.82) is 0 Å². The summed E-state index contributed by atoms with van der Waals surface area (Å²) in [6.07, 6.45) is 13.1. The second-order valence-electron chi connectivity index (χ2n) is 4.37. The maximum absolute atomic E-state index is 3.81. The summed E-state index contributed by atoms with van der Waals surface area (Å²) >= 11 is 0. The molecule has 0 atom stereocenters. The molecule has 0 saturated carbocycles. The van der Waals surface area contributed by atoms with Gasteiger partial charge in [0.2, 0.25) is 0 Å². The quantitative estimate of drug-likeness (QED) is 0.572. The Labute approximate surface area is 98.2 Å². The highest BCUT2D eigenvalue weighted by molar-refractivity contribution is 4.74.